The topological polar surface area (TPSA) is 72.9 Å². The first-order valence-electron chi connectivity index (χ1n) is 7.34. The lowest BCUT2D eigenvalue weighted by Gasteiger charge is -2.29. The van der Waals surface area contributed by atoms with E-state index >= 15 is 0 Å². The molecular weight excluding hydrogens is 268 g/mol. The molecule has 0 atom stereocenters. The van der Waals surface area contributed by atoms with Crippen molar-refractivity contribution in [3.8, 4) is 0 Å². The highest BCUT2D eigenvalue weighted by atomic mass is 16.5. The average Bonchev–Trinajstić information content (AvgIpc) is 2.55. The fourth-order valence-corrected chi connectivity index (χ4v) is 2.65. The van der Waals surface area contributed by atoms with Gasteiger partial charge in [-0.1, -0.05) is 6.07 Å². The number of hydrogen-bond donors (Lipinski definition) is 1. The second-order valence-corrected chi connectivity index (χ2v) is 5.14. The van der Waals surface area contributed by atoms with Gasteiger partial charge in [0, 0.05) is 19.3 Å². The lowest BCUT2D eigenvalue weighted by molar-refractivity contribution is 0.122. The first kappa shape index (κ1) is 14.0. The lowest BCUT2D eigenvalue weighted by atomic mass is 10.1. The van der Waals surface area contributed by atoms with Crippen LogP contribution in [0.3, 0.4) is 0 Å². The molecule has 6 heteroatoms. The van der Waals surface area contributed by atoms with Gasteiger partial charge in [-0.25, -0.2) is 4.98 Å². The van der Waals surface area contributed by atoms with Gasteiger partial charge in [0.2, 0.25) is 0 Å². The molecule has 21 heavy (non-hydrogen) atoms. The van der Waals surface area contributed by atoms with Gasteiger partial charge < -0.3 is 15.4 Å². The number of nitrogens with two attached hydrogens (primary N) is 1. The number of morpholine rings is 1. The highest BCUT2D eigenvalue weighted by Crippen LogP contribution is 2.18. The SMILES string of the molecule is NCCCc1c(N2CCOCC2)nc2ccccn2c1=O. The van der Waals surface area contributed by atoms with Crippen molar-refractivity contribution in [3.05, 3.63) is 40.3 Å². The summed E-state index contributed by atoms with van der Waals surface area (Å²) >= 11 is 0. The molecule has 0 radical (unpaired) electrons. The van der Waals surface area contributed by atoms with Crippen LogP contribution in [0.2, 0.25) is 0 Å². The Morgan fingerprint density at radius 3 is 2.86 bits per heavy atom. The monoisotopic (exact) mass is 288 g/mol. The number of nitrogens with zero attached hydrogens (tertiary/aromatic N) is 3. The first-order valence-corrected chi connectivity index (χ1v) is 7.34. The molecular formula is C15H20N4O2. The van der Waals surface area contributed by atoms with Crippen LogP contribution in [0.5, 0.6) is 0 Å². The van der Waals surface area contributed by atoms with Gasteiger partial charge in [0.1, 0.15) is 11.5 Å². The normalized spacial score (nSPS) is 15.6. The predicted octanol–water partition coefficient (Wildman–Crippen LogP) is 0.422. The largest absolute Gasteiger partial charge is 0.378 e. The number of fused-ring (bicyclic) bond motifs is 1. The second kappa shape index (κ2) is 6.24. The highest BCUT2D eigenvalue weighted by Gasteiger charge is 2.19. The number of pyridine rings is 1. The molecule has 0 aliphatic carbocycles. The van der Waals surface area contributed by atoms with Gasteiger partial charge in [-0.05, 0) is 31.5 Å². The average molecular weight is 288 g/mol. The summed E-state index contributed by atoms with van der Waals surface area (Å²) in [5.74, 6) is 0.794. The molecule has 112 valence electrons. The van der Waals surface area contributed by atoms with Gasteiger partial charge in [0.15, 0.2) is 0 Å². The zero-order valence-electron chi connectivity index (χ0n) is 12.0. The third-order valence-electron chi connectivity index (χ3n) is 3.75. The highest BCUT2D eigenvalue weighted by molar-refractivity contribution is 5.53. The van der Waals surface area contributed by atoms with Crippen molar-refractivity contribution < 1.29 is 4.74 Å². The Balaban J connectivity index is 2.12. The molecule has 0 spiro atoms. The fourth-order valence-electron chi connectivity index (χ4n) is 2.65. The van der Waals surface area contributed by atoms with E-state index in [0.29, 0.717) is 31.8 Å². The minimum Gasteiger partial charge on any atom is -0.378 e. The Hall–Kier alpha value is -1.92. The van der Waals surface area contributed by atoms with E-state index in [9.17, 15) is 4.79 Å². The van der Waals surface area contributed by atoms with Gasteiger partial charge in [-0.15, -0.1) is 0 Å². The van der Waals surface area contributed by atoms with Crippen molar-refractivity contribution in [2.75, 3.05) is 37.7 Å². The molecule has 1 saturated heterocycles. The molecule has 2 aromatic rings. The van der Waals surface area contributed by atoms with Crippen molar-refractivity contribution in [1.82, 2.24) is 9.38 Å². The molecule has 3 heterocycles. The molecule has 1 fully saturated rings. The van der Waals surface area contributed by atoms with E-state index in [4.69, 9.17) is 15.5 Å². The molecule has 1 aliphatic rings. The maximum Gasteiger partial charge on any atom is 0.263 e. The minimum atomic E-state index is 0.00976. The Labute approximate surface area is 123 Å². The second-order valence-electron chi connectivity index (χ2n) is 5.14. The molecule has 0 unspecified atom stereocenters. The van der Waals surface area contributed by atoms with Gasteiger partial charge in [-0.3, -0.25) is 9.20 Å². The van der Waals surface area contributed by atoms with E-state index in [1.54, 1.807) is 10.6 Å². The summed E-state index contributed by atoms with van der Waals surface area (Å²) in [7, 11) is 0. The van der Waals surface area contributed by atoms with Crippen LogP contribution in [0, 0.1) is 0 Å². The van der Waals surface area contributed by atoms with Crippen LogP contribution in [0.1, 0.15) is 12.0 Å². The van der Waals surface area contributed by atoms with Crippen LogP contribution in [-0.4, -0.2) is 42.2 Å². The van der Waals surface area contributed by atoms with Gasteiger partial charge in [-0.2, -0.15) is 0 Å². The summed E-state index contributed by atoms with van der Waals surface area (Å²) in [5.41, 5.74) is 7.05. The van der Waals surface area contributed by atoms with Crippen LogP contribution < -0.4 is 16.2 Å². The Bertz CT molecular complexity index is 677. The number of aromatic nitrogens is 2. The summed E-state index contributed by atoms with van der Waals surface area (Å²) in [6.07, 6.45) is 3.21. The molecule has 0 amide bonds. The van der Waals surface area contributed by atoms with Crippen LogP contribution >= 0.6 is 0 Å². The zero-order chi connectivity index (χ0) is 14.7. The molecule has 0 bridgehead atoms. The van der Waals surface area contributed by atoms with Crippen molar-refractivity contribution in [2.24, 2.45) is 5.73 Å². The molecule has 6 nitrogen and oxygen atoms in total. The number of rotatable bonds is 4. The third kappa shape index (κ3) is 2.77. The van der Waals surface area contributed by atoms with Crippen molar-refractivity contribution >= 4 is 11.5 Å². The van der Waals surface area contributed by atoms with E-state index in [-0.39, 0.29) is 5.56 Å². The van der Waals surface area contributed by atoms with Crippen molar-refractivity contribution in [3.63, 3.8) is 0 Å². The fraction of sp³-hybridized carbons (Fsp3) is 0.467. The summed E-state index contributed by atoms with van der Waals surface area (Å²) in [4.78, 5) is 19.6. The molecule has 0 saturated carbocycles. The summed E-state index contributed by atoms with van der Waals surface area (Å²) in [5, 5.41) is 0. The molecule has 2 aromatic heterocycles. The molecule has 1 aliphatic heterocycles. The zero-order valence-corrected chi connectivity index (χ0v) is 12.0. The van der Waals surface area contributed by atoms with E-state index < -0.39 is 0 Å². The predicted molar refractivity (Wildman–Crippen MR) is 81.9 cm³/mol. The Morgan fingerprint density at radius 2 is 2.10 bits per heavy atom. The van der Waals surface area contributed by atoms with Gasteiger partial charge in [0.05, 0.1) is 18.8 Å². The van der Waals surface area contributed by atoms with E-state index in [2.05, 4.69) is 4.90 Å². The number of ether oxygens (including phenoxy) is 1. The summed E-state index contributed by atoms with van der Waals surface area (Å²) in [6.45, 7) is 3.45. The Morgan fingerprint density at radius 1 is 1.29 bits per heavy atom. The van der Waals surface area contributed by atoms with Gasteiger partial charge >= 0.3 is 0 Å². The third-order valence-corrected chi connectivity index (χ3v) is 3.75. The van der Waals surface area contributed by atoms with Crippen molar-refractivity contribution in [1.29, 1.82) is 0 Å². The van der Waals surface area contributed by atoms with E-state index in [0.717, 1.165) is 30.9 Å². The lowest BCUT2D eigenvalue weighted by Crippen LogP contribution is -2.39. The molecule has 0 aromatic carbocycles. The molecule has 2 N–H and O–H groups in total. The quantitative estimate of drug-likeness (QED) is 0.883. The van der Waals surface area contributed by atoms with Gasteiger partial charge in [0.25, 0.3) is 5.56 Å². The van der Waals surface area contributed by atoms with Crippen LogP contribution in [-0.2, 0) is 11.2 Å². The smallest absolute Gasteiger partial charge is 0.263 e. The van der Waals surface area contributed by atoms with Crippen LogP contribution in [0.25, 0.3) is 5.65 Å². The van der Waals surface area contributed by atoms with E-state index in [1.165, 1.54) is 0 Å². The molecule has 3 rings (SSSR count). The maximum absolute atomic E-state index is 12.7. The summed E-state index contributed by atoms with van der Waals surface area (Å²) in [6, 6.07) is 5.60. The first-order chi connectivity index (χ1) is 10.3. The van der Waals surface area contributed by atoms with Crippen molar-refractivity contribution in [2.45, 2.75) is 12.8 Å². The van der Waals surface area contributed by atoms with Crippen LogP contribution in [0.15, 0.2) is 29.2 Å². The van der Waals surface area contributed by atoms with E-state index in [1.807, 2.05) is 18.2 Å². The minimum absolute atomic E-state index is 0.00976. The standard InChI is InChI=1S/C15H20N4O2/c16-6-3-4-12-14(18-8-10-21-11-9-18)17-13-5-1-2-7-19(13)15(12)20/h1-2,5,7H,3-4,6,8-11,16H2. The summed E-state index contributed by atoms with van der Waals surface area (Å²) < 4.78 is 6.99. The van der Waals surface area contributed by atoms with Crippen LogP contribution in [0.4, 0.5) is 5.82 Å². The number of hydrogen-bond acceptors (Lipinski definition) is 5. The Kier molecular flexibility index (Phi) is 4.17. The number of anilines is 1. The maximum atomic E-state index is 12.7.